The number of aryl methyl sites for hydroxylation is 1. The number of benzene rings is 2. The summed E-state index contributed by atoms with van der Waals surface area (Å²) in [5, 5.41) is 11.2. The molecular formula is C23H22N2O7S. The van der Waals surface area contributed by atoms with Crippen molar-refractivity contribution in [3.63, 3.8) is 0 Å². The molecule has 1 heterocycles. The largest absolute Gasteiger partial charge is 0.493 e. The number of imide groups is 1. The Labute approximate surface area is 194 Å². The number of nitrogens with one attached hydrogen (secondary N) is 1. The van der Waals surface area contributed by atoms with Crippen LogP contribution in [0.15, 0.2) is 47.4 Å². The number of carboxylic acid groups (broad SMARTS) is 1. The normalized spacial score (nSPS) is 15.5. The van der Waals surface area contributed by atoms with Crippen molar-refractivity contribution >= 4 is 46.5 Å². The Hall–Kier alpha value is -3.79. The van der Waals surface area contributed by atoms with Gasteiger partial charge < -0.3 is 19.9 Å². The van der Waals surface area contributed by atoms with Crippen molar-refractivity contribution in [1.29, 1.82) is 0 Å². The van der Waals surface area contributed by atoms with E-state index in [0.717, 1.165) is 10.5 Å². The number of para-hydroxylation sites is 1. The summed E-state index contributed by atoms with van der Waals surface area (Å²) >= 11 is 0.681. The van der Waals surface area contributed by atoms with Crippen molar-refractivity contribution in [3.8, 4) is 11.5 Å². The summed E-state index contributed by atoms with van der Waals surface area (Å²) < 4.78 is 10.8. The van der Waals surface area contributed by atoms with E-state index in [9.17, 15) is 19.2 Å². The highest BCUT2D eigenvalue weighted by atomic mass is 32.2. The first-order valence-electron chi connectivity index (χ1n) is 9.88. The van der Waals surface area contributed by atoms with Gasteiger partial charge >= 0.3 is 5.97 Å². The Kier molecular flexibility index (Phi) is 7.39. The second-order valence-corrected chi connectivity index (χ2v) is 8.16. The second kappa shape index (κ2) is 10.2. The Morgan fingerprint density at radius 1 is 1.21 bits per heavy atom. The number of hydrogen-bond donors (Lipinski definition) is 2. The van der Waals surface area contributed by atoms with Gasteiger partial charge in [-0.25, -0.2) is 4.79 Å². The topological polar surface area (TPSA) is 122 Å². The zero-order chi connectivity index (χ0) is 24.1. The number of ether oxygens (including phenoxy) is 2. The van der Waals surface area contributed by atoms with Crippen LogP contribution >= 0.6 is 11.8 Å². The summed E-state index contributed by atoms with van der Waals surface area (Å²) in [6.07, 6.45) is 0.240. The first-order valence-corrected chi connectivity index (χ1v) is 10.7. The monoisotopic (exact) mass is 470 g/mol. The van der Waals surface area contributed by atoms with Gasteiger partial charge in [-0.2, -0.15) is 0 Å². The number of carboxylic acids is 1. The maximum absolute atomic E-state index is 12.8. The van der Waals surface area contributed by atoms with Crippen LogP contribution in [0.25, 0.3) is 6.08 Å². The van der Waals surface area contributed by atoms with E-state index in [1.54, 1.807) is 36.4 Å². The molecular weight excluding hydrogens is 448 g/mol. The third-order valence-electron chi connectivity index (χ3n) is 4.64. The molecule has 172 valence electrons. The number of carbonyl (C=O) groups excluding carboxylic acids is 3. The number of nitrogens with zero attached hydrogens (tertiary/aromatic N) is 1. The lowest BCUT2D eigenvalue weighted by Gasteiger charge is -2.16. The highest BCUT2D eigenvalue weighted by Gasteiger charge is 2.36. The summed E-state index contributed by atoms with van der Waals surface area (Å²) in [4.78, 5) is 49.8. The third-order valence-corrected chi connectivity index (χ3v) is 5.54. The molecule has 0 aliphatic carbocycles. The first-order chi connectivity index (χ1) is 15.7. The summed E-state index contributed by atoms with van der Waals surface area (Å²) in [6.45, 7) is 2.80. The number of thioether (sulfide) groups is 1. The van der Waals surface area contributed by atoms with Crippen molar-refractivity contribution in [2.24, 2.45) is 0 Å². The average Bonchev–Trinajstić information content (AvgIpc) is 3.02. The number of carbonyl (C=O) groups is 4. The van der Waals surface area contributed by atoms with Gasteiger partial charge in [0.2, 0.25) is 5.91 Å². The van der Waals surface area contributed by atoms with Crippen LogP contribution in [0.2, 0.25) is 0 Å². The van der Waals surface area contributed by atoms with Gasteiger partial charge in [0.15, 0.2) is 17.6 Å². The predicted molar refractivity (Wildman–Crippen MR) is 123 cm³/mol. The predicted octanol–water partition coefficient (Wildman–Crippen LogP) is 3.53. The van der Waals surface area contributed by atoms with Crippen molar-refractivity contribution in [1.82, 2.24) is 4.90 Å². The number of methoxy groups -OCH3 is 1. The lowest BCUT2D eigenvalue weighted by atomic mass is 10.1. The van der Waals surface area contributed by atoms with E-state index < -0.39 is 35.7 Å². The zero-order valence-corrected chi connectivity index (χ0v) is 19.0. The van der Waals surface area contributed by atoms with Crippen LogP contribution in [-0.2, 0) is 14.4 Å². The first kappa shape index (κ1) is 23.9. The van der Waals surface area contributed by atoms with E-state index in [2.05, 4.69) is 5.32 Å². The van der Waals surface area contributed by atoms with Crippen LogP contribution in [0.5, 0.6) is 11.5 Å². The molecule has 1 atom stereocenters. The molecule has 10 heteroatoms. The van der Waals surface area contributed by atoms with E-state index in [0.29, 0.717) is 23.0 Å². The van der Waals surface area contributed by atoms with E-state index in [1.807, 2.05) is 13.0 Å². The molecule has 3 amide bonds. The molecule has 0 radical (unpaired) electrons. The summed E-state index contributed by atoms with van der Waals surface area (Å²) in [5.74, 6) is -1.92. The quantitative estimate of drug-likeness (QED) is 0.562. The van der Waals surface area contributed by atoms with E-state index in [1.165, 1.54) is 20.1 Å². The van der Waals surface area contributed by atoms with Crippen LogP contribution in [0.4, 0.5) is 10.5 Å². The van der Waals surface area contributed by atoms with Gasteiger partial charge in [-0.05, 0) is 55.4 Å². The van der Waals surface area contributed by atoms with Gasteiger partial charge in [-0.15, -0.1) is 0 Å². The summed E-state index contributed by atoms with van der Waals surface area (Å²) in [7, 11) is 1.40. The lowest BCUT2D eigenvalue weighted by molar-refractivity contribution is -0.144. The van der Waals surface area contributed by atoms with Gasteiger partial charge in [0.05, 0.1) is 12.0 Å². The molecule has 1 fully saturated rings. The fraction of sp³-hybridized carbons (Fsp3) is 0.217. The molecule has 1 aliphatic rings. The van der Waals surface area contributed by atoms with Crippen molar-refractivity contribution in [3.05, 3.63) is 58.5 Å². The number of anilines is 1. The highest BCUT2D eigenvalue weighted by Crippen LogP contribution is 2.37. The fourth-order valence-electron chi connectivity index (χ4n) is 3.00. The molecule has 0 spiro atoms. The fourth-order valence-corrected chi connectivity index (χ4v) is 3.83. The summed E-state index contributed by atoms with van der Waals surface area (Å²) in [6, 6.07) is 12.0. The van der Waals surface area contributed by atoms with Gasteiger partial charge in [0.1, 0.15) is 6.54 Å². The minimum atomic E-state index is -1.17. The Morgan fingerprint density at radius 3 is 2.61 bits per heavy atom. The SMILES string of the molecule is COc1cccc(/C=C2\SC(=O)N(CC(=O)Nc3cccc(C)c3)C2=O)c1O[C@H](C)C(=O)O. The maximum Gasteiger partial charge on any atom is 0.344 e. The number of aliphatic carboxylic acids is 1. The smallest absolute Gasteiger partial charge is 0.344 e. The maximum atomic E-state index is 12.8. The van der Waals surface area contributed by atoms with Crippen LogP contribution in [0.1, 0.15) is 18.1 Å². The van der Waals surface area contributed by atoms with Gasteiger partial charge in [0.25, 0.3) is 11.1 Å². The van der Waals surface area contributed by atoms with Crippen molar-refractivity contribution in [2.75, 3.05) is 19.0 Å². The van der Waals surface area contributed by atoms with Crippen LogP contribution in [0.3, 0.4) is 0 Å². The Morgan fingerprint density at radius 2 is 1.94 bits per heavy atom. The van der Waals surface area contributed by atoms with E-state index >= 15 is 0 Å². The molecule has 0 unspecified atom stereocenters. The molecule has 0 aromatic heterocycles. The second-order valence-electron chi connectivity index (χ2n) is 7.16. The number of hydrogen-bond acceptors (Lipinski definition) is 7. The molecule has 3 rings (SSSR count). The molecule has 1 aliphatic heterocycles. The lowest BCUT2D eigenvalue weighted by Crippen LogP contribution is -2.36. The van der Waals surface area contributed by atoms with Crippen molar-refractivity contribution in [2.45, 2.75) is 20.0 Å². The van der Waals surface area contributed by atoms with Gasteiger partial charge in [-0.1, -0.05) is 24.3 Å². The van der Waals surface area contributed by atoms with Crippen LogP contribution < -0.4 is 14.8 Å². The third kappa shape index (κ3) is 5.72. The minimum Gasteiger partial charge on any atom is -0.493 e. The molecule has 0 bridgehead atoms. The molecule has 2 aromatic carbocycles. The molecule has 9 nitrogen and oxygen atoms in total. The van der Waals surface area contributed by atoms with E-state index in [4.69, 9.17) is 14.6 Å². The van der Waals surface area contributed by atoms with Crippen molar-refractivity contribution < 1.29 is 33.8 Å². The zero-order valence-electron chi connectivity index (χ0n) is 18.2. The van der Waals surface area contributed by atoms with Crippen LogP contribution in [-0.4, -0.2) is 52.8 Å². The highest BCUT2D eigenvalue weighted by molar-refractivity contribution is 8.18. The average molecular weight is 471 g/mol. The molecule has 2 aromatic rings. The summed E-state index contributed by atoms with van der Waals surface area (Å²) in [5.41, 5.74) is 1.88. The molecule has 33 heavy (non-hydrogen) atoms. The minimum absolute atomic E-state index is 0.0736. The number of amides is 3. The van der Waals surface area contributed by atoms with Gasteiger partial charge in [-0.3, -0.25) is 19.3 Å². The molecule has 1 saturated heterocycles. The number of rotatable bonds is 8. The van der Waals surface area contributed by atoms with Gasteiger partial charge in [0, 0.05) is 11.3 Å². The Balaban J connectivity index is 1.80. The van der Waals surface area contributed by atoms with E-state index in [-0.39, 0.29) is 16.4 Å². The molecule has 2 N–H and O–H groups in total. The Bertz CT molecular complexity index is 1150. The standard InChI is InChI=1S/C23H22N2O7S/c1-13-6-4-8-16(10-13)24-19(26)12-25-21(27)18(33-23(25)30)11-15-7-5-9-17(31-3)20(15)32-14(2)22(28)29/h4-11,14H,12H2,1-3H3,(H,24,26)(H,28,29)/b18-11-/t14-/m1/s1. The van der Waals surface area contributed by atoms with Crippen LogP contribution in [0, 0.1) is 6.92 Å². The molecule has 0 saturated carbocycles.